The van der Waals surface area contributed by atoms with Crippen LogP contribution in [0.5, 0.6) is 0 Å². The number of pyridine rings is 1. The van der Waals surface area contributed by atoms with Gasteiger partial charge in [0.25, 0.3) is 0 Å². The van der Waals surface area contributed by atoms with E-state index in [4.69, 9.17) is 5.73 Å². The lowest BCUT2D eigenvalue weighted by molar-refractivity contribution is 0.102. The van der Waals surface area contributed by atoms with Gasteiger partial charge in [-0.15, -0.1) is 0 Å². The van der Waals surface area contributed by atoms with Crippen molar-refractivity contribution >= 4 is 11.5 Å². The Kier molecular flexibility index (Phi) is 2.68. The van der Waals surface area contributed by atoms with Crippen molar-refractivity contribution in [3.8, 4) is 0 Å². The summed E-state index contributed by atoms with van der Waals surface area (Å²) in [5.74, 6) is 0.214. The van der Waals surface area contributed by atoms with Crippen molar-refractivity contribution in [3.63, 3.8) is 0 Å². The summed E-state index contributed by atoms with van der Waals surface area (Å²) in [6, 6.07) is 3.26. The molecule has 0 fully saturated rings. The molecule has 5 heteroatoms. The summed E-state index contributed by atoms with van der Waals surface area (Å²) >= 11 is 0. The number of nitrogens with zero attached hydrogens (tertiary/aromatic N) is 3. The standard InChI is InChI=1S/C11H12N4O/c1-2-15-6-5-13-11(15)10(16)9-4-3-8(12)7-14-9/h3-7H,2,12H2,1H3. The van der Waals surface area contributed by atoms with Gasteiger partial charge in [0.05, 0.1) is 11.9 Å². The fourth-order valence-corrected chi connectivity index (χ4v) is 1.43. The summed E-state index contributed by atoms with van der Waals surface area (Å²) < 4.78 is 1.78. The number of rotatable bonds is 3. The van der Waals surface area contributed by atoms with Gasteiger partial charge in [0.1, 0.15) is 5.69 Å². The Bertz CT molecular complexity index is 501. The van der Waals surface area contributed by atoms with Crippen molar-refractivity contribution in [2.24, 2.45) is 0 Å². The topological polar surface area (TPSA) is 73.8 Å². The zero-order chi connectivity index (χ0) is 11.5. The predicted octanol–water partition coefficient (Wildman–Crippen LogP) is 1.11. The molecule has 0 saturated carbocycles. The van der Waals surface area contributed by atoms with E-state index in [2.05, 4.69) is 9.97 Å². The first-order valence-electron chi connectivity index (χ1n) is 4.99. The van der Waals surface area contributed by atoms with Crippen molar-refractivity contribution in [3.05, 3.63) is 42.2 Å². The summed E-state index contributed by atoms with van der Waals surface area (Å²) in [7, 11) is 0. The van der Waals surface area contributed by atoms with E-state index in [-0.39, 0.29) is 5.78 Å². The van der Waals surface area contributed by atoms with Crippen molar-refractivity contribution in [1.82, 2.24) is 14.5 Å². The van der Waals surface area contributed by atoms with Crippen LogP contribution >= 0.6 is 0 Å². The highest BCUT2D eigenvalue weighted by atomic mass is 16.1. The third kappa shape index (κ3) is 1.79. The maximum Gasteiger partial charge on any atom is 0.246 e. The molecular formula is C11H12N4O. The Labute approximate surface area is 92.9 Å². The van der Waals surface area contributed by atoms with Crippen LogP contribution in [0.15, 0.2) is 30.7 Å². The fraction of sp³-hybridized carbons (Fsp3) is 0.182. The van der Waals surface area contributed by atoms with Gasteiger partial charge in [0.2, 0.25) is 5.78 Å². The van der Waals surface area contributed by atoms with Gasteiger partial charge in [0, 0.05) is 18.9 Å². The van der Waals surface area contributed by atoms with E-state index < -0.39 is 0 Å². The number of anilines is 1. The Balaban J connectivity index is 2.35. The average molecular weight is 216 g/mol. The predicted molar refractivity (Wildman–Crippen MR) is 60.0 cm³/mol. The third-order valence-electron chi connectivity index (χ3n) is 2.28. The normalized spacial score (nSPS) is 10.3. The molecule has 0 aliphatic heterocycles. The molecule has 5 nitrogen and oxygen atoms in total. The van der Waals surface area contributed by atoms with Gasteiger partial charge in [-0.3, -0.25) is 9.78 Å². The molecule has 0 aliphatic carbocycles. The quantitative estimate of drug-likeness (QED) is 0.780. The second-order valence-corrected chi connectivity index (χ2v) is 3.34. The maximum absolute atomic E-state index is 12.0. The summed E-state index contributed by atoms with van der Waals surface area (Å²) in [6.07, 6.45) is 4.84. The molecule has 0 amide bonds. The number of ketones is 1. The number of hydrogen-bond donors (Lipinski definition) is 1. The number of carbonyl (C=O) groups is 1. The average Bonchev–Trinajstić information content (AvgIpc) is 2.77. The van der Waals surface area contributed by atoms with Crippen molar-refractivity contribution in [2.75, 3.05) is 5.73 Å². The van der Waals surface area contributed by atoms with Gasteiger partial charge in [-0.05, 0) is 19.1 Å². The van der Waals surface area contributed by atoms with E-state index >= 15 is 0 Å². The number of aryl methyl sites for hydroxylation is 1. The maximum atomic E-state index is 12.0. The Hall–Kier alpha value is -2.17. The summed E-state index contributed by atoms with van der Waals surface area (Å²) in [5.41, 5.74) is 6.40. The molecule has 2 N–H and O–H groups in total. The summed E-state index contributed by atoms with van der Waals surface area (Å²) in [5, 5.41) is 0. The molecule has 0 aliphatic rings. The van der Waals surface area contributed by atoms with E-state index in [1.54, 1.807) is 29.1 Å². The Morgan fingerprint density at radius 2 is 2.25 bits per heavy atom. The first-order valence-corrected chi connectivity index (χ1v) is 4.99. The van der Waals surface area contributed by atoms with Crippen LogP contribution in [-0.4, -0.2) is 20.3 Å². The number of imidazole rings is 1. The third-order valence-corrected chi connectivity index (χ3v) is 2.28. The van der Waals surface area contributed by atoms with Crippen LogP contribution in [-0.2, 0) is 6.54 Å². The number of aromatic nitrogens is 3. The smallest absolute Gasteiger partial charge is 0.246 e. The molecule has 0 bridgehead atoms. The van der Waals surface area contributed by atoms with E-state index in [1.165, 1.54) is 6.20 Å². The minimum Gasteiger partial charge on any atom is -0.397 e. The van der Waals surface area contributed by atoms with Crippen molar-refractivity contribution < 1.29 is 4.79 Å². The highest BCUT2D eigenvalue weighted by Crippen LogP contribution is 2.07. The van der Waals surface area contributed by atoms with Crippen LogP contribution in [0.2, 0.25) is 0 Å². The lowest BCUT2D eigenvalue weighted by Crippen LogP contribution is -2.11. The van der Waals surface area contributed by atoms with E-state index in [9.17, 15) is 4.79 Å². The van der Waals surface area contributed by atoms with Gasteiger partial charge in [-0.1, -0.05) is 0 Å². The molecule has 2 aromatic rings. The highest BCUT2D eigenvalue weighted by molar-refractivity contribution is 6.05. The lowest BCUT2D eigenvalue weighted by atomic mass is 10.2. The number of hydrogen-bond acceptors (Lipinski definition) is 4. The van der Waals surface area contributed by atoms with Crippen LogP contribution in [0.4, 0.5) is 5.69 Å². The second kappa shape index (κ2) is 4.14. The molecule has 0 atom stereocenters. The second-order valence-electron chi connectivity index (χ2n) is 3.34. The van der Waals surface area contributed by atoms with Crippen LogP contribution in [0.25, 0.3) is 0 Å². The lowest BCUT2D eigenvalue weighted by Gasteiger charge is -2.03. The number of nitrogen functional groups attached to an aromatic ring is 1. The number of carbonyl (C=O) groups excluding carboxylic acids is 1. The molecule has 0 saturated heterocycles. The molecule has 16 heavy (non-hydrogen) atoms. The summed E-state index contributed by atoms with van der Waals surface area (Å²) in [4.78, 5) is 20.0. The Morgan fingerprint density at radius 1 is 1.44 bits per heavy atom. The monoisotopic (exact) mass is 216 g/mol. The largest absolute Gasteiger partial charge is 0.397 e. The fourth-order valence-electron chi connectivity index (χ4n) is 1.43. The van der Waals surface area contributed by atoms with E-state index in [0.29, 0.717) is 23.8 Å². The van der Waals surface area contributed by atoms with Crippen LogP contribution < -0.4 is 5.73 Å². The van der Waals surface area contributed by atoms with Crippen LogP contribution in [0.1, 0.15) is 23.2 Å². The zero-order valence-electron chi connectivity index (χ0n) is 8.92. The van der Waals surface area contributed by atoms with Gasteiger partial charge in [-0.2, -0.15) is 0 Å². The molecular weight excluding hydrogens is 204 g/mol. The zero-order valence-corrected chi connectivity index (χ0v) is 8.92. The first kappa shape index (κ1) is 10.4. The molecule has 0 radical (unpaired) electrons. The molecule has 0 aromatic carbocycles. The van der Waals surface area contributed by atoms with Crippen molar-refractivity contribution in [2.45, 2.75) is 13.5 Å². The van der Waals surface area contributed by atoms with Gasteiger partial charge < -0.3 is 10.3 Å². The molecule has 2 heterocycles. The summed E-state index contributed by atoms with van der Waals surface area (Å²) in [6.45, 7) is 2.66. The molecule has 2 aromatic heterocycles. The molecule has 2 rings (SSSR count). The minimum absolute atomic E-state index is 0.188. The minimum atomic E-state index is -0.188. The van der Waals surface area contributed by atoms with Gasteiger partial charge in [0.15, 0.2) is 5.82 Å². The first-order chi connectivity index (χ1) is 7.72. The molecule has 82 valence electrons. The van der Waals surface area contributed by atoms with E-state index in [1.807, 2.05) is 6.92 Å². The van der Waals surface area contributed by atoms with E-state index in [0.717, 1.165) is 0 Å². The van der Waals surface area contributed by atoms with Crippen LogP contribution in [0.3, 0.4) is 0 Å². The molecule has 0 spiro atoms. The van der Waals surface area contributed by atoms with Gasteiger partial charge >= 0.3 is 0 Å². The van der Waals surface area contributed by atoms with Crippen LogP contribution in [0, 0.1) is 0 Å². The van der Waals surface area contributed by atoms with Crippen molar-refractivity contribution in [1.29, 1.82) is 0 Å². The SMILES string of the molecule is CCn1ccnc1C(=O)c1ccc(N)cn1. The molecule has 0 unspecified atom stereocenters. The Morgan fingerprint density at radius 3 is 2.88 bits per heavy atom. The number of nitrogens with two attached hydrogens (primary N) is 1. The van der Waals surface area contributed by atoms with Gasteiger partial charge in [-0.25, -0.2) is 4.98 Å². The highest BCUT2D eigenvalue weighted by Gasteiger charge is 2.15.